The lowest BCUT2D eigenvalue weighted by atomic mass is 9.97. The lowest BCUT2D eigenvalue weighted by molar-refractivity contribution is -0.0119. The molecule has 0 bridgehead atoms. The van der Waals surface area contributed by atoms with E-state index in [0.29, 0.717) is 21.8 Å². The molecule has 168 valence electrons. The van der Waals surface area contributed by atoms with E-state index < -0.39 is 41.5 Å². The number of carbonyl (C=O) groups excluding carboxylic acids is 1. The molecular weight excluding hydrogens is 420 g/mol. The molecule has 4 rings (SSSR count). The summed E-state index contributed by atoms with van der Waals surface area (Å²) in [7, 11) is 0. The Bertz CT molecular complexity index is 1190. The molecule has 1 saturated heterocycles. The van der Waals surface area contributed by atoms with Gasteiger partial charge in [0.25, 0.3) is 0 Å². The molecular formula is C22H23F2N5O3. The Kier molecular flexibility index (Phi) is 5.44. The summed E-state index contributed by atoms with van der Waals surface area (Å²) >= 11 is 0. The highest BCUT2D eigenvalue weighted by Crippen LogP contribution is 2.36. The number of ether oxygens (including phenoxy) is 1. The number of likely N-dealkylation sites (tertiary alicyclic amines) is 1. The maximum Gasteiger partial charge on any atom is 0.410 e. The zero-order chi connectivity index (χ0) is 23.2. The van der Waals surface area contributed by atoms with Gasteiger partial charge in [-0.3, -0.25) is 0 Å². The minimum Gasteiger partial charge on any atom is -0.444 e. The van der Waals surface area contributed by atoms with Crippen LogP contribution in [0.5, 0.6) is 0 Å². The predicted molar refractivity (Wildman–Crippen MR) is 115 cm³/mol. The maximum atomic E-state index is 14.0. The largest absolute Gasteiger partial charge is 0.444 e. The molecule has 1 aliphatic rings. The van der Waals surface area contributed by atoms with Crippen molar-refractivity contribution in [2.24, 2.45) is 5.11 Å². The molecule has 8 nitrogen and oxygen atoms in total. The van der Waals surface area contributed by atoms with Crippen molar-refractivity contribution < 1.29 is 23.4 Å². The van der Waals surface area contributed by atoms with Gasteiger partial charge >= 0.3 is 6.09 Å². The molecule has 1 unspecified atom stereocenters. The highest BCUT2D eigenvalue weighted by molar-refractivity contribution is 6.08. The Morgan fingerprint density at radius 1 is 1.12 bits per heavy atom. The number of hydrogen-bond donors (Lipinski definition) is 1. The maximum absolute atomic E-state index is 14.0. The number of aliphatic hydroxyl groups is 1. The van der Waals surface area contributed by atoms with Crippen LogP contribution in [0.25, 0.3) is 32.2 Å². The lowest BCUT2D eigenvalue weighted by Crippen LogP contribution is -2.54. The van der Waals surface area contributed by atoms with Gasteiger partial charge in [0, 0.05) is 39.8 Å². The van der Waals surface area contributed by atoms with Crippen LogP contribution in [-0.4, -0.2) is 51.5 Å². The Balaban J connectivity index is 1.87. The molecule has 1 fully saturated rings. The third-order valence-electron chi connectivity index (χ3n) is 5.51. The van der Waals surface area contributed by atoms with Crippen LogP contribution in [-0.2, 0) is 4.74 Å². The van der Waals surface area contributed by atoms with Gasteiger partial charge in [0.15, 0.2) is 0 Å². The monoisotopic (exact) mass is 443 g/mol. The number of amides is 1. The number of carbonyl (C=O) groups is 1. The average Bonchev–Trinajstić information content (AvgIpc) is 3.01. The number of nitrogens with zero attached hydrogens (tertiary/aromatic N) is 5. The van der Waals surface area contributed by atoms with Crippen molar-refractivity contribution in [3.63, 3.8) is 0 Å². The van der Waals surface area contributed by atoms with Crippen molar-refractivity contribution in [1.82, 2.24) is 9.47 Å². The minimum absolute atomic E-state index is 0.0168. The van der Waals surface area contributed by atoms with Crippen molar-refractivity contribution in [2.45, 2.75) is 44.6 Å². The van der Waals surface area contributed by atoms with Gasteiger partial charge in [-0.1, -0.05) is 5.11 Å². The van der Waals surface area contributed by atoms with Crippen LogP contribution in [0, 0.1) is 11.6 Å². The van der Waals surface area contributed by atoms with Crippen LogP contribution in [0.1, 0.15) is 26.8 Å². The molecule has 0 aliphatic carbocycles. The van der Waals surface area contributed by atoms with E-state index in [1.807, 2.05) is 0 Å². The predicted octanol–water partition coefficient (Wildman–Crippen LogP) is 4.90. The summed E-state index contributed by atoms with van der Waals surface area (Å²) in [6.07, 6.45) is -1.75. The lowest BCUT2D eigenvalue weighted by Gasteiger charge is -2.41. The van der Waals surface area contributed by atoms with Gasteiger partial charge in [-0.2, -0.15) is 0 Å². The van der Waals surface area contributed by atoms with Gasteiger partial charge in [-0.25, -0.2) is 13.6 Å². The number of rotatable bonds is 2. The van der Waals surface area contributed by atoms with Crippen LogP contribution in [0.15, 0.2) is 41.5 Å². The molecule has 3 aromatic rings. The fraction of sp³-hybridized carbons (Fsp3) is 0.409. The highest BCUT2D eigenvalue weighted by Gasteiger charge is 2.40. The molecule has 1 N–H and O–H groups in total. The molecule has 1 amide bonds. The van der Waals surface area contributed by atoms with E-state index in [1.54, 1.807) is 37.5 Å². The summed E-state index contributed by atoms with van der Waals surface area (Å²) in [5.74, 6) is -0.959. The summed E-state index contributed by atoms with van der Waals surface area (Å²) in [4.78, 5) is 17.0. The first kappa shape index (κ1) is 21.9. The summed E-state index contributed by atoms with van der Waals surface area (Å²) in [5.41, 5.74) is 9.37. The number of piperidine rings is 1. The van der Waals surface area contributed by atoms with E-state index in [4.69, 9.17) is 10.3 Å². The van der Waals surface area contributed by atoms with Crippen LogP contribution in [0.2, 0.25) is 0 Å². The van der Waals surface area contributed by atoms with Crippen molar-refractivity contribution in [2.75, 3.05) is 13.1 Å². The summed E-state index contributed by atoms with van der Waals surface area (Å²) in [6.45, 7) is 5.25. The number of fused-ring (bicyclic) bond motifs is 3. The smallest absolute Gasteiger partial charge is 0.410 e. The first-order valence-corrected chi connectivity index (χ1v) is 10.2. The molecule has 10 heteroatoms. The zero-order valence-corrected chi connectivity index (χ0v) is 17.9. The fourth-order valence-electron chi connectivity index (χ4n) is 4.23. The van der Waals surface area contributed by atoms with Gasteiger partial charge in [-0.15, -0.1) is 0 Å². The van der Waals surface area contributed by atoms with Crippen molar-refractivity contribution >= 4 is 27.9 Å². The molecule has 0 radical (unpaired) electrons. The molecule has 2 aromatic carbocycles. The number of benzene rings is 2. The summed E-state index contributed by atoms with van der Waals surface area (Å²) in [6, 6.07) is 6.58. The van der Waals surface area contributed by atoms with Crippen molar-refractivity contribution in [3.8, 4) is 0 Å². The van der Waals surface area contributed by atoms with E-state index in [9.17, 15) is 18.7 Å². The highest BCUT2D eigenvalue weighted by atomic mass is 19.1. The Labute approximate surface area is 182 Å². The van der Waals surface area contributed by atoms with Crippen LogP contribution in [0.3, 0.4) is 0 Å². The Morgan fingerprint density at radius 2 is 1.69 bits per heavy atom. The summed E-state index contributed by atoms with van der Waals surface area (Å²) < 4.78 is 35.2. The molecule has 0 saturated carbocycles. The van der Waals surface area contributed by atoms with Gasteiger partial charge in [0.1, 0.15) is 17.2 Å². The third-order valence-corrected chi connectivity index (χ3v) is 5.51. The number of hydrogen-bond acceptors (Lipinski definition) is 4. The van der Waals surface area contributed by atoms with Crippen LogP contribution >= 0.6 is 0 Å². The number of aliphatic hydroxyl groups excluding tert-OH is 1. The molecule has 2 heterocycles. The van der Waals surface area contributed by atoms with E-state index in [2.05, 4.69) is 10.0 Å². The number of halogens is 2. The quantitative estimate of drug-likeness (QED) is 0.346. The first-order valence-electron chi connectivity index (χ1n) is 10.2. The second-order valence-corrected chi connectivity index (χ2v) is 8.91. The van der Waals surface area contributed by atoms with E-state index in [-0.39, 0.29) is 13.1 Å². The fourth-order valence-corrected chi connectivity index (χ4v) is 4.23. The third kappa shape index (κ3) is 3.94. The molecule has 1 aliphatic heterocycles. The molecule has 3 atom stereocenters. The second kappa shape index (κ2) is 7.96. The van der Waals surface area contributed by atoms with E-state index >= 15 is 0 Å². The molecule has 0 spiro atoms. The zero-order valence-electron chi connectivity index (χ0n) is 17.9. The molecule has 32 heavy (non-hydrogen) atoms. The van der Waals surface area contributed by atoms with Crippen molar-refractivity contribution in [3.05, 3.63) is 58.5 Å². The normalized spacial score (nSPS) is 21.6. The van der Waals surface area contributed by atoms with Gasteiger partial charge in [-0.05, 0) is 62.7 Å². The van der Waals surface area contributed by atoms with Gasteiger partial charge < -0.3 is 19.3 Å². The number of aromatic nitrogens is 1. The minimum atomic E-state index is -1.14. The Morgan fingerprint density at radius 3 is 2.19 bits per heavy atom. The first-order chi connectivity index (χ1) is 15.1. The van der Waals surface area contributed by atoms with E-state index in [1.165, 1.54) is 29.2 Å². The SMILES string of the molecule is CC(C)(C)OC(=O)N1CC(N=[N+]=[N-])[C@H](O)[C@@H](n2c3ccc(F)cc3c3cc(F)ccc32)C1. The van der Waals surface area contributed by atoms with Crippen LogP contribution in [0.4, 0.5) is 13.6 Å². The van der Waals surface area contributed by atoms with Gasteiger partial charge in [0.2, 0.25) is 0 Å². The standard InChI is InChI=1S/C22H23F2N5O3/c1-22(2,3)32-21(31)28-10-16(26-27-25)20(30)19(11-28)29-17-6-4-12(23)8-14(17)15-9-13(24)5-7-18(15)29/h4-9,16,19-20,30H,10-11H2,1-3H3/t16?,19-,20-/m0/s1. The summed E-state index contributed by atoms with van der Waals surface area (Å²) in [5, 5.41) is 15.7. The average molecular weight is 443 g/mol. The van der Waals surface area contributed by atoms with Gasteiger partial charge in [0.05, 0.1) is 18.2 Å². The molecule has 1 aromatic heterocycles. The van der Waals surface area contributed by atoms with Crippen molar-refractivity contribution in [1.29, 1.82) is 0 Å². The van der Waals surface area contributed by atoms with Crippen LogP contribution < -0.4 is 0 Å². The van der Waals surface area contributed by atoms with E-state index in [0.717, 1.165) is 0 Å². The topological polar surface area (TPSA) is 103 Å². The Hall–Kier alpha value is -3.36. The number of azide groups is 1. The second-order valence-electron chi connectivity index (χ2n) is 8.91.